The number of esters is 4. The first-order chi connectivity index (χ1) is 44.1. The molecule has 3 N–H and O–H groups in total. The molecular weight excluding hydrogens is 1200 g/mol. The highest BCUT2D eigenvalue weighted by atomic mass is 31.2. The largest absolute Gasteiger partial charge is 0.472 e. The van der Waals surface area contributed by atoms with E-state index in [1.165, 1.54) is 199 Å². The first-order valence-electron chi connectivity index (χ1n) is 37.7. The fourth-order valence-corrected chi connectivity index (χ4v) is 12.5. The van der Waals surface area contributed by atoms with Crippen LogP contribution in [0.2, 0.25) is 0 Å². The number of carbonyl (C=O) groups is 4. The summed E-state index contributed by atoms with van der Waals surface area (Å²) in [5.41, 5.74) is 0. The van der Waals surface area contributed by atoms with Crippen molar-refractivity contribution in [3.63, 3.8) is 0 Å². The molecule has 0 spiro atoms. The Hall–Kier alpha value is -1.94. The molecular formula is C72H140O17P2. The Kier molecular flexibility index (Phi) is 64.0. The molecule has 0 amide bonds. The average Bonchev–Trinajstić information content (AvgIpc) is 3.71. The van der Waals surface area contributed by atoms with E-state index in [1.807, 2.05) is 0 Å². The summed E-state index contributed by atoms with van der Waals surface area (Å²) in [4.78, 5) is 72.5. The van der Waals surface area contributed by atoms with Gasteiger partial charge in [0.2, 0.25) is 0 Å². The van der Waals surface area contributed by atoms with Crippen molar-refractivity contribution in [3.8, 4) is 0 Å². The molecule has 0 radical (unpaired) electrons. The van der Waals surface area contributed by atoms with E-state index in [0.29, 0.717) is 25.7 Å². The van der Waals surface area contributed by atoms with Crippen LogP contribution in [0.5, 0.6) is 0 Å². The van der Waals surface area contributed by atoms with E-state index in [4.69, 9.17) is 37.0 Å². The maximum Gasteiger partial charge on any atom is 0.472 e. The maximum absolute atomic E-state index is 13.0. The van der Waals surface area contributed by atoms with Gasteiger partial charge in [-0.05, 0) is 31.6 Å². The zero-order chi connectivity index (χ0) is 67.0. The number of phosphoric acid groups is 2. The summed E-state index contributed by atoms with van der Waals surface area (Å²) >= 11 is 0. The van der Waals surface area contributed by atoms with E-state index < -0.39 is 97.5 Å². The highest BCUT2D eigenvalue weighted by Crippen LogP contribution is 2.45. The molecule has 0 saturated carbocycles. The molecule has 17 nitrogen and oxygen atoms in total. The van der Waals surface area contributed by atoms with Gasteiger partial charge in [-0.15, -0.1) is 0 Å². The van der Waals surface area contributed by atoms with Crippen molar-refractivity contribution in [1.29, 1.82) is 0 Å². The van der Waals surface area contributed by atoms with Crippen molar-refractivity contribution in [3.05, 3.63) is 0 Å². The van der Waals surface area contributed by atoms with E-state index in [1.54, 1.807) is 0 Å². The van der Waals surface area contributed by atoms with E-state index >= 15 is 0 Å². The highest BCUT2D eigenvalue weighted by Gasteiger charge is 2.30. The zero-order valence-corrected chi connectivity index (χ0v) is 60.8. The first kappa shape index (κ1) is 89.1. The van der Waals surface area contributed by atoms with Crippen molar-refractivity contribution in [2.45, 2.75) is 393 Å². The Morgan fingerprint density at radius 3 is 0.780 bits per heavy atom. The fourth-order valence-electron chi connectivity index (χ4n) is 11.0. The molecule has 0 aromatic rings. The van der Waals surface area contributed by atoms with Crippen LogP contribution in [0.4, 0.5) is 0 Å². The number of phosphoric ester groups is 2. The Morgan fingerprint density at radius 1 is 0.308 bits per heavy atom. The number of rotatable bonds is 72. The number of hydrogen-bond acceptors (Lipinski definition) is 15. The van der Waals surface area contributed by atoms with Crippen LogP contribution in [0.15, 0.2) is 0 Å². The number of aliphatic hydroxyl groups excluding tert-OH is 1. The lowest BCUT2D eigenvalue weighted by atomic mass is 10.00. The van der Waals surface area contributed by atoms with Crippen molar-refractivity contribution < 1.29 is 80.2 Å². The molecule has 0 bridgehead atoms. The third kappa shape index (κ3) is 65.1. The normalized spacial score (nSPS) is 14.3. The molecule has 0 fully saturated rings. The van der Waals surface area contributed by atoms with Crippen LogP contribution in [0.3, 0.4) is 0 Å². The molecule has 0 aliphatic heterocycles. The molecule has 0 heterocycles. The summed E-state index contributed by atoms with van der Waals surface area (Å²) in [5.74, 6) is -1.40. The van der Waals surface area contributed by atoms with Gasteiger partial charge in [-0.2, -0.15) is 0 Å². The standard InChI is InChI=1S/C72H140O17P2/c1-6-10-13-16-19-22-24-26-27-28-29-30-31-32-33-35-38-41-47-52-57-71(76)88-67(61-83-70(75)56-51-46-40-37-34-25-23-20-17-14-11-7-2)63-86-90(78,79)84-59-66(73)60-85-91(80,81)87-64-68(62-82-69(74)55-50-45-39-36-21-18-15-12-8-3)89-72(77)58-53-48-43-42-44-49-54-65(5)9-4/h65-68,73H,6-64H2,1-5H3,(H,78,79)(H,80,81)/t65?,66-,67-,68-/m1/s1. The van der Waals surface area contributed by atoms with Gasteiger partial charge in [0, 0.05) is 25.7 Å². The Labute approximate surface area is 556 Å². The van der Waals surface area contributed by atoms with Gasteiger partial charge in [0.25, 0.3) is 0 Å². The zero-order valence-electron chi connectivity index (χ0n) is 59.0. The molecule has 3 unspecified atom stereocenters. The summed E-state index contributed by atoms with van der Waals surface area (Å²) < 4.78 is 68.3. The number of unbranched alkanes of at least 4 members (excludes halogenated alkanes) is 43. The van der Waals surface area contributed by atoms with Crippen LogP contribution in [0.25, 0.3) is 0 Å². The molecule has 0 aliphatic rings. The maximum atomic E-state index is 13.0. The van der Waals surface area contributed by atoms with E-state index in [9.17, 15) is 43.2 Å². The van der Waals surface area contributed by atoms with Gasteiger partial charge in [-0.3, -0.25) is 37.3 Å². The summed E-state index contributed by atoms with van der Waals surface area (Å²) in [5, 5.41) is 10.6. The van der Waals surface area contributed by atoms with Gasteiger partial charge in [-0.25, -0.2) is 9.13 Å². The molecule has 6 atom stereocenters. The Balaban J connectivity index is 5.18. The minimum atomic E-state index is -4.95. The van der Waals surface area contributed by atoms with Crippen molar-refractivity contribution >= 4 is 39.5 Å². The molecule has 540 valence electrons. The molecule has 19 heteroatoms. The van der Waals surface area contributed by atoms with Crippen molar-refractivity contribution in [2.75, 3.05) is 39.6 Å². The molecule has 0 aromatic carbocycles. The molecule has 0 aromatic heterocycles. The van der Waals surface area contributed by atoms with Crippen molar-refractivity contribution in [1.82, 2.24) is 0 Å². The third-order valence-corrected chi connectivity index (χ3v) is 19.0. The lowest BCUT2D eigenvalue weighted by Crippen LogP contribution is -2.30. The van der Waals surface area contributed by atoms with Crippen molar-refractivity contribution in [2.24, 2.45) is 5.92 Å². The minimum absolute atomic E-state index is 0.103. The second kappa shape index (κ2) is 65.4. The molecule has 0 aliphatic carbocycles. The van der Waals surface area contributed by atoms with Gasteiger partial charge in [0.05, 0.1) is 26.4 Å². The van der Waals surface area contributed by atoms with Gasteiger partial charge in [0.1, 0.15) is 19.3 Å². The second-order valence-electron chi connectivity index (χ2n) is 26.2. The highest BCUT2D eigenvalue weighted by molar-refractivity contribution is 7.47. The predicted molar refractivity (Wildman–Crippen MR) is 368 cm³/mol. The first-order valence-corrected chi connectivity index (χ1v) is 40.7. The molecule has 91 heavy (non-hydrogen) atoms. The van der Waals surface area contributed by atoms with E-state index in [0.717, 1.165) is 95.8 Å². The Morgan fingerprint density at radius 2 is 0.527 bits per heavy atom. The number of ether oxygens (including phenoxy) is 4. The van der Waals surface area contributed by atoms with E-state index in [-0.39, 0.29) is 25.7 Å². The monoisotopic (exact) mass is 1340 g/mol. The summed E-state index contributed by atoms with van der Waals surface area (Å²) in [6.07, 6.45) is 52.8. The average molecular weight is 1340 g/mol. The third-order valence-electron chi connectivity index (χ3n) is 17.1. The van der Waals surface area contributed by atoms with Gasteiger partial charge in [-0.1, -0.05) is 324 Å². The SMILES string of the molecule is CCCCCCCCCCCCCCCCCCCCCCC(=O)O[C@H](COC(=O)CCCCCCCCCCCCCC)COP(=O)(O)OC[C@@H](O)COP(=O)(O)OC[C@@H](COC(=O)CCCCCCCCCCC)OC(=O)CCCCCCCCC(C)CC. The van der Waals surface area contributed by atoms with Gasteiger partial charge >= 0.3 is 39.5 Å². The number of hydrogen-bond donors (Lipinski definition) is 3. The van der Waals surface area contributed by atoms with Crippen LogP contribution < -0.4 is 0 Å². The molecule has 0 rings (SSSR count). The number of carbonyl (C=O) groups excluding carboxylic acids is 4. The summed E-state index contributed by atoms with van der Waals surface area (Å²) in [6.45, 7) is 7.19. The van der Waals surface area contributed by atoms with Crippen LogP contribution in [0.1, 0.15) is 375 Å². The topological polar surface area (TPSA) is 237 Å². The number of aliphatic hydroxyl groups is 1. The van der Waals surface area contributed by atoms with Crippen LogP contribution in [-0.4, -0.2) is 96.7 Å². The minimum Gasteiger partial charge on any atom is -0.462 e. The smallest absolute Gasteiger partial charge is 0.462 e. The van der Waals surface area contributed by atoms with Crippen LogP contribution in [0, 0.1) is 5.92 Å². The fraction of sp³-hybridized carbons (Fsp3) is 0.944. The lowest BCUT2D eigenvalue weighted by Gasteiger charge is -2.21. The molecule has 0 saturated heterocycles. The Bertz CT molecular complexity index is 1760. The van der Waals surface area contributed by atoms with Gasteiger partial charge in [0.15, 0.2) is 12.2 Å². The second-order valence-corrected chi connectivity index (χ2v) is 29.1. The quantitative estimate of drug-likeness (QED) is 0.0222. The van der Waals surface area contributed by atoms with E-state index in [2.05, 4.69) is 34.6 Å². The predicted octanol–water partition coefficient (Wildman–Crippen LogP) is 20.9. The van der Waals surface area contributed by atoms with Crippen LogP contribution in [-0.2, 0) is 65.4 Å². The van der Waals surface area contributed by atoms with Gasteiger partial charge < -0.3 is 33.8 Å². The summed E-state index contributed by atoms with van der Waals surface area (Å²) in [7, 11) is -9.90. The summed E-state index contributed by atoms with van der Waals surface area (Å²) in [6, 6.07) is 0. The lowest BCUT2D eigenvalue weighted by molar-refractivity contribution is -0.161. The van der Waals surface area contributed by atoms with Crippen LogP contribution >= 0.6 is 15.6 Å².